The Morgan fingerprint density at radius 3 is 3.13 bits per heavy atom. The van der Waals surface area contributed by atoms with E-state index in [9.17, 15) is 4.79 Å². The second-order valence-corrected chi connectivity index (χ2v) is 3.99. The van der Waals surface area contributed by atoms with Crippen LogP contribution in [0, 0.1) is 0 Å². The molecule has 2 aromatic rings. The molecule has 0 spiro atoms. The number of nitrogens with zero attached hydrogens (tertiary/aromatic N) is 3. The number of aromatic nitrogens is 3. The molecule has 1 N–H and O–H groups in total. The minimum absolute atomic E-state index is 0.0536. The summed E-state index contributed by atoms with van der Waals surface area (Å²) in [5.41, 5.74) is 0.713. The van der Waals surface area contributed by atoms with Gasteiger partial charge in [0.25, 0.3) is 0 Å². The van der Waals surface area contributed by atoms with Crippen LogP contribution in [-0.2, 0) is 11.2 Å². The molecule has 0 amide bonds. The molecule has 0 bridgehead atoms. The van der Waals surface area contributed by atoms with Gasteiger partial charge < -0.3 is 5.11 Å². The SMILES string of the molecule is O=C(O)CCc1nc2cc(Br)ccn2n1. The van der Waals surface area contributed by atoms with Crippen molar-refractivity contribution in [2.75, 3.05) is 0 Å². The van der Waals surface area contributed by atoms with Crippen LogP contribution in [0.5, 0.6) is 0 Å². The maximum Gasteiger partial charge on any atom is 0.303 e. The van der Waals surface area contributed by atoms with Crippen molar-refractivity contribution in [1.29, 1.82) is 0 Å². The van der Waals surface area contributed by atoms with Crippen LogP contribution in [0.2, 0.25) is 0 Å². The number of hydrogen-bond acceptors (Lipinski definition) is 3. The Kier molecular flexibility index (Phi) is 2.68. The second kappa shape index (κ2) is 3.98. The zero-order valence-corrected chi connectivity index (χ0v) is 9.31. The lowest BCUT2D eigenvalue weighted by molar-refractivity contribution is -0.137. The van der Waals surface area contributed by atoms with E-state index in [2.05, 4.69) is 26.0 Å². The van der Waals surface area contributed by atoms with E-state index >= 15 is 0 Å². The van der Waals surface area contributed by atoms with Crippen molar-refractivity contribution in [1.82, 2.24) is 14.6 Å². The van der Waals surface area contributed by atoms with Gasteiger partial charge in [-0.3, -0.25) is 4.79 Å². The van der Waals surface area contributed by atoms with E-state index in [1.54, 1.807) is 10.7 Å². The number of carboxylic acid groups (broad SMARTS) is 1. The zero-order chi connectivity index (χ0) is 10.8. The monoisotopic (exact) mass is 269 g/mol. The fraction of sp³-hybridized carbons (Fsp3) is 0.222. The number of halogens is 1. The lowest BCUT2D eigenvalue weighted by atomic mass is 10.3. The molecule has 0 radical (unpaired) electrons. The average molecular weight is 270 g/mol. The molecule has 2 rings (SSSR count). The van der Waals surface area contributed by atoms with Gasteiger partial charge in [0.05, 0.1) is 6.42 Å². The Morgan fingerprint density at radius 1 is 1.60 bits per heavy atom. The van der Waals surface area contributed by atoms with Crippen LogP contribution in [0.15, 0.2) is 22.8 Å². The molecule has 2 aromatic heterocycles. The summed E-state index contributed by atoms with van der Waals surface area (Å²) in [6, 6.07) is 3.68. The molecular weight excluding hydrogens is 262 g/mol. The van der Waals surface area contributed by atoms with E-state index in [4.69, 9.17) is 5.11 Å². The first-order valence-electron chi connectivity index (χ1n) is 4.38. The summed E-state index contributed by atoms with van der Waals surface area (Å²) in [7, 11) is 0. The van der Waals surface area contributed by atoms with Crippen LogP contribution in [0.4, 0.5) is 0 Å². The maximum absolute atomic E-state index is 10.4. The fourth-order valence-electron chi connectivity index (χ4n) is 1.23. The van der Waals surface area contributed by atoms with Crippen molar-refractivity contribution >= 4 is 27.5 Å². The van der Waals surface area contributed by atoms with Crippen LogP contribution in [0.25, 0.3) is 5.65 Å². The van der Waals surface area contributed by atoms with Gasteiger partial charge in [-0.15, -0.1) is 0 Å². The van der Waals surface area contributed by atoms with Crippen LogP contribution in [-0.4, -0.2) is 25.7 Å². The highest BCUT2D eigenvalue weighted by atomic mass is 79.9. The lowest BCUT2D eigenvalue weighted by Gasteiger charge is -1.89. The molecule has 15 heavy (non-hydrogen) atoms. The van der Waals surface area contributed by atoms with E-state index in [1.807, 2.05) is 12.1 Å². The van der Waals surface area contributed by atoms with E-state index in [-0.39, 0.29) is 6.42 Å². The molecular formula is C9H8BrN3O2. The smallest absolute Gasteiger partial charge is 0.303 e. The van der Waals surface area contributed by atoms with Gasteiger partial charge >= 0.3 is 5.97 Å². The number of aryl methyl sites for hydroxylation is 1. The predicted molar refractivity (Wildman–Crippen MR) is 56.6 cm³/mol. The van der Waals surface area contributed by atoms with Crippen molar-refractivity contribution in [3.05, 3.63) is 28.6 Å². The number of carboxylic acids is 1. The molecule has 0 saturated carbocycles. The first-order chi connectivity index (χ1) is 7.15. The Bertz CT molecular complexity index is 509. The molecule has 5 nitrogen and oxygen atoms in total. The highest BCUT2D eigenvalue weighted by Crippen LogP contribution is 2.11. The third-order valence-corrected chi connectivity index (χ3v) is 2.40. The fourth-order valence-corrected chi connectivity index (χ4v) is 1.55. The Morgan fingerprint density at radius 2 is 2.40 bits per heavy atom. The number of rotatable bonds is 3. The quantitative estimate of drug-likeness (QED) is 0.917. The third-order valence-electron chi connectivity index (χ3n) is 1.91. The van der Waals surface area contributed by atoms with Crippen molar-refractivity contribution in [3.8, 4) is 0 Å². The average Bonchev–Trinajstić information content (AvgIpc) is 2.56. The first-order valence-corrected chi connectivity index (χ1v) is 5.17. The van der Waals surface area contributed by atoms with Gasteiger partial charge in [-0.05, 0) is 12.1 Å². The number of fused-ring (bicyclic) bond motifs is 1. The molecule has 0 unspecified atom stereocenters. The molecule has 78 valence electrons. The van der Waals surface area contributed by atoms with E-state index in [0.29, 0.717) is 17.9 Å². The molecule has 0 aliphatic carbocycles. The highest BCUT2D eigenvalue weighted by Gasteiger charge is 2.05. The van der Waals surface area contributed by atoms with Gasteiger partial charge in [0, 0.05) is 17.1 Å². The van der Waals surface area contributed by atoms with Gasteiger partial charge in [-0.1, -0.05) is 15.9 Å². The van der Waals surface area contributed by atoms with Crippen LogP contribution < -0.4 is 0 Å². The number of carbonyl (C=O) groups is 1. The van der Waals surface area contributed by atoms with Gasteiger partial charge in [0.1, 0.15) is 0 Å². The highest BCUT2D eigenvalue weighted by molar-refractivity contribution is 9.10. The Labute approximate surface area is 93.9 Å². The second-order valence-electron chi connectivity index (χ2n) is 3.07. The molecule has 0 saturated heterocycles. The van der Waals surface area contributed by atoms with Gasteiger partial charge in [-0.25, -0.2) is 9.50 Å². The summed E-state index contributed by atoms with van der Waals surface area (Å²) in [6.45, 7) is 0. The van der Waals surface area contributed by atoms with Gasteiger partial charge in [0.15, 0.2) is 11.5 Å². The molecule has 0 aliphatic heterocycles. The predicted octanol–water partition coefficient (Wildman–Crippen LogP) is 1.51. The largest absolute Gasteiger partial charge is 0.481 e. The van der Waals surface area contributed by atoms with Gasteiger partial charge in [-0.2, -0.15) is 5.10 Å². The summed E-state index contributed by atoms with van der Waals surface area (Å²) < 4.78 is 2.55. The summed E-state index contributed by atoms with van der Waals surface area (Å²) in [4.78, 5) is 14.6. The Balaban J connectivity index is 2.27. The standard InChI is InChI=1S/C9H8BrN3O2/c10-6-3-4-13-8(5-6)11-7(12-13)1-2-9(14)15/h3-5H,1-2H2,(H,14,15). The normalized spacial score (nSPS) is 10.7. The molecule has 0 aromatic carbocycles. The Hall–Kier alpha value is -1.43. The number of aliphatic carboxylic acids is 1. The molecule has 0 aliphatic rings. The summed E-state index contributed by atoms with van der Waals surface area (Å²) in [6.07, 6.45) is 2.18. The first kappa shape index (κ1) is 10.1. The number of hydrogen-bond donors (Lipinski definition) is 1. The molecule has 0 atom stereocenters. The van der Waals surface area contributed by atoms with Crippen molar-refractivity contribution in [2.24, 2.45) is 0 Å². The van der Waals surface area contributed by atoms with Crippen LogP contribution >= 0.6 is 15.9 Å². The number of pyridine rings is 1. The molecule has 6 heteroatoms. The van der Waals surface area contributed by atoms with Crippen LogP contribution in [0.3, 0.4) is 0 Å². The third kappa shape index (κ3) is 2.33. The minimum Gasteiger partial charge on any atom is -0.481 e. The van der Waals surface area contributed by atoms with E-state index in [1.165, 1.54) is 0 Å². The zero-order valence-electron chi connectivity index (χ0n) is 7.72. The topological polar surface area (TPSA) is 67.5 Å². The minimum atomic E-state index is -0.838. The van der Waals surface area contributed by atoms with Crippen LogP contribution in [0.1, 0.15) is 12.2 Å². The van der Waals surface area contributed by atoms with Crippen molar-refractivity contribution in [3.63, 3.8) is 0 Å². The van der Waals surface area contributed by atoms with E-state index < -0.39 is 5.97 Å². The summed E-state index contributed by atoms with van der Waals surface area (Å²) in [5, 5.41) is 12.7. The summed E-state index contributed by atoms with van der Waals surface area (Å²) in [5.74, 6) is -0.287. The van der Waals surface area contributed by atoms with Gasteiger partial charge in [0.2, 0.25) is 0 Å². The lowest BCUT2D eigenvalue weighted by Crippen LogP contribution is -1.99. The molecule has 2 heterocycles. The van der Waals surface area contributed by atoms with E-state index in [0.717, 1.165) is 4.47 Å². The summed E-state index contributed by atoms with van der Waals surface area (Å²) >= 11 is 3.33. The maximum atomic E-state index is 10.4. The molecule has 0 fully saturated rings. The van der Waals surface area contributed by atoms with Crippen molar-refractivity contribution in [2.45, 2.75) is 12.8 Å². The van der Waals surface area contributed by atoms with Crippen molar-refractivity contribution < 1.29 is 9.90 Å².